The van der Waals surface area contributed by atoms with Gasteiger partial charge in [0.15, 0.2) is 11.6 Å². The number of rotatable bonds is 7. The fourth-order valence-corrected chi connectivity index (χ4v) is 2.74. The Morgan fingerprint density at radius 3 is 2.80 bits per heavy atom. The summed E-state index contributed by atoms with van der Waals surface area (Å²) in [7, 11) is 0. The number of unbranched alkanes of at least 4 members (excludes halogenated alkanes) is 1. The Labute approximate surface area is 120 Å². The van der Waals surface area contributed by atoms with Gasteiger partial charge in [-0.15, -0.1) is 0 Å². The SMILES string of the molecule is CCCCN(Cc1ccc(F)c(F)c1)CC1CCCN1. The van der Waals surface area contributed by atoms with Crippen molar-refractivity contribution in [2.75, 3.05) is 19.6 Å². The number of halogens is 2. The minimum atomic E-state index is -0.772. The maximum absolute atomic E-state index is 13.3. The van der Waals surface area contributed by atoms with Gasteiger partial charge in [0, 0.05) is 19.1 Å². The number of nitrogens with one attached hydrogen (secondary N) is 1. The van der Waals surface area contributed by atoms with Gasteiger partial charge in [-0.3, -0.25) is 4.90 Å². The van der Waals surface area contributed by atoms with Crippen molar-refractivity contribution in [1.29, 1.82) is 0 Å². The van der Waals surface area contributed by atoms with Crippen molar-refractivity contribution in [3.8, 4) is 0 Å². The number of nitrogens with zero attached hydrogens (tertiary/aromatic N) is 1. The van der Waals surface area contributed by atoms with E-state index >= 15 is 0 Å². The second kappa shape index (κ2) is 7.70. The van der Waals surface area contributed by atoms with E-state index in [9.17, 15) is 8.78 Å². The van der Waals surface area contributed by atoms with Gasteiger partial charge in [0.25, 0.3) is 0 Å². The van der Waals surface area contributed by atoms with Gasteiger partial charge < -0.3 is 5.32 Å². The van der Waals surface area contributed by atoms with Crippen LogP contribution in [0.5, 0.6) is 0 Å². The van der Waals surface area contributed by atoms with E-state index < -0.39 is 11.6 Å². The third-order valence-electron chi connectivity index (χ3n) is 3.86. The summed E-state index contributed by atoms with van der Waals surface area (Å²) in [5, 5.41) is 3.49. The summed E-state index contributed by atoms with van der Waals surface area (Å²) in [6, 6.07) is 4.75. The molecule has 0 spiro atoms. The Hall–Kier alpha value is -1.00. The van der Waals surface area contributed by atoms with E-state index in [0.29, 0.717) is 12.6 Å². The summed E-state index contributed by atoms with van der Waals surface area (Å²) >= 11 is 0. The van der Waals surface area contributed by atoms with Crippen molar-refractivity contribution in [3.63, 3.8) is 0 Å². The van der Waals surface area contributed by atoms with Crippen LogP contribution in [0.4, 0.5) is 8.78 Å². The van der Waals surface area contributed by atoms with Crippen LogP contribution in [-0.2, 0) is 6.54 Å². The molecule has 0 radical (unpaired) electrons. The third kappa shape index (κ3) is 4.53. The lowest BCUT2D eigenvalue weighted by Gasteiger charge is -2.25. The van der Waals surface area contributed by atoms with Crippen LogP contribution in [0.2, 0.25) is 0 Å². The maximum atomic E-state index is 13.3. The van der Waals surface area contributed by atoms with Crippen LogP contribution in [0, 0.1) is 11.6 Å². The van der Waals surface area contributed by atoms with E-state index in [-0.39, 0.29) is 0 Å². The van der Waals surface area contributed by atoms with Gasteiger partial charge >= 0.3 is 0 Å². The van der Waals surface area contributed by atoms with Crippen LogP contribution >= 0.6 is 0 Å². The molecule has 1 N–H and O–H groups in total. The minimum Gasteiger partial charge on any atom is -0.313 e. The van der Waals surface area contributed by atoms with E-state index in [2.05, 4.69) is 17.1 Å². The molecule has 0 amide bonds. The quantitative estimate of drug-likeness (QED) is 0.825. The second-order valence-electron chi connectivity index (χ2n) is 5.63. The number of benzene rings is 1. The summed E-state index contributed by atoms with van der Waals surface area (Å²) in [6.07, 6.45) is 4.72. The highest BCUT2D eigenvalue weighted by atomic mass is 19.2. The average Bonchev–Trinajstić information content (AvgIpc) is 2.93. The lowest BCUT2D eigenvalue weighted by atomic mass is 10.1. The van der Waals surface area contributed by atoms with Crippen molar-refractivity contribution >= 4 is 0 Å². The molecule has 2 rings (SSSR count). The van der Waals surface area contributed by atoms with Gasteiger partial charge in [-0.1, -0.05) is 19.4 Å². The van der Waals surface area contributed by atoms with Crippen LogP contribution in [0.3, 0.4) is 0 Å². The Morgan fingerprint density at radius 2 is 2.15 bits per heavy atom. The monoisotopic (exact) mass is 282 g/mol. The van der Waals surface area contributed by atoms with E-state index in [1.807, 2.05) is 0 Å². The number of hydrogen-bond acceptors (Lipinski definition) is 2. The van der Waals surface area contributed by atoms with E-state index in [4.69, 9.17) is 0 Å². The van der Waals surface area contributed by atoms with Gasteiger partial charge in [0.1, 0.15) is 0 Å². The van der Waals surface area contributed by atoms with Gasteiger partial charge in [0.05, 0.1) is 0 Å². The molecule has 1 atom stereocenters. The molecule has 20 heavy (non-hydrogen) atoms. The van der Waals surface area contributed by atoms with Crippen molar-refractivity contribution < 1.29 is 8.78 Å². The van der Waals surface area contributed by atoms with Crippen LogP contribution in [0.1, 0.15) is 38.2 Å². The van der Waals surface area contributed by atoms with Crippen LogP contribution in [-0.4, -0.2) is 30.6 Å². The van der Waals surface area contributed by atoms with Gasteiger partial charge in [0.2, 0.25) is 0 Å². The molecule has 1 heterocycles. The molecule has 0 saturated carbocycles. The van der Waals surface area contributed by atoms with E-state index in [0.717, 1.165) is 38.0 Å². The molecule has 0 aliphatic carbocycles. The molecule has 2 nitrogen and oxygen atoms in total. The van der Waals surface area contributed by atoms with Crippen LogP contribution in [0.25, 0.3) is 0 Å². The standard InChI is InChI=1S/C16H24F2N2/c1-2-3-9-20(12-14-5-4-8-19-14)11-13-6-7-15(17)16(18)10-13/h6-7,10,14,19H,2-5,8-9,11-12H2,1H3. The first-order valence-electron chi connectivity index (χ1n) is 7.58. The predicted molar refractivity (Wildman–Crippen MR) is 77.6 cm³/mol. The molecule has 1 unspecified atom stereocenters. The molecule has 1 aliphatic heterocycles. The molecule has 112 valence electrons. The predicted octanol–water partition coefficient (Wildman–Crippen LogP) is 3.32. The average molecular weight is 282 g/mol. The molecule has 4 heteroatoms. The summed E-state index contributed by atoms with van der Waals surface area (Å²) < 4.78 is 26.2. The fourth-order valence-electron chi connectivity index (χ4n) is 2.74. The van der Waals surface area contributed by atoms with Crippen molar-refractivity contribution in [2.24, 2.45) is 0 Å². The van der Waals surface area contributed by atoms with E-state index in [1.54, 1.807) is 6.07 Å². The smallest absolute Gasteiger partial charge is 0.159 e. The molecule has 1 aromatic carbocycles. The zero-order valence-corrected chi connectivity index (χ0v) is 12.2. The first-order chi connectivity index (χ1) is 9.69. The largest absolute Gasteiger partial charge is 0.313 e. The molecule has 1 aliphatic rings. The Morgan fingerprint density at radius 1 is 1.30 bits per heavy atom. The molecular weight excluding hydrogens is 258 g/mol. The second-order valence-corrected chi connectivity index (χ2v) is 5.63. The highest BCUT2D eigenvalue weighted by Gasteiger charge is 2.18. The topological polar surface area (TPSA) is 15.3 Å². The summed E-state index contributed by atoms with van der Waals surface area (Å²) in [5.41, 5.74) is 0.845. The van der Waals surface area contributed by atoms with Gasteiger partial charge in [-0.2, -0.15) is 0 Å². The lowest BCUT2D eigenvalue weighted by Crippen LogP contribution is -2.37. The van der Waals surface area contributed by atoms with Gasteiger partial charge in [-0.05, 0) is 50.0 Å². The van der Waals surface area contributed by atoms with Crippen LogP contribution < -0.4 is 5.32 Å². The maximum Gasteiger partial charge on any atom is 0.159 e. The first-order valence-corrected chi connectivity index (χ1v) is 7.58. The zero-order chi connectivity index (χ0) is 14.4. The third-order valence-corrected chi connectivity index (χ3v) is 3.86. The summed E-state index contributed by atoms with van der Waals surface area (Å²) in [5.74, 6) is -1.52. The van der Waals surface area contributed by atoms with Crippen molar-refractivity contribution in [3.05, 3.63) is 35.4 Å². The minimum absolute atomic E-state index is 0.539. The molecule has 1 saturated heterocycles. The normalized spacial score (nSPS) is 18.9. The molecule has 0 bridgehead atoms. The fraction of sp³-hybridized carbons (Fsp3) is 0.625. The lowest BCUT2D eigenvalue weighted by molar-refractivity contribution is 0.237. The summed E-state index contributed by atoms with van der Waals surface area (Å²) in [4.78, 5) is 2.35. The molecular formula is C16H24F2N2. The Bertz CT molecular complexity index is 417. The van der Waals surface area contributed by atoms with Gasteiger partial charge in [-0.25, -0.2) is 8.78 Å². The molecule has 1 aromatic rings. The number of hydrogen-bond donors (Lipinski definition) is 1. The Kier molecular flexibility index (Phi) is 5.92. The van der Waals surface area contributed by atoms with E-state index in [1.165, 1.54) is 25.0 Å². The highest BCUT2D eigenvalue weighted by molar-refractivity contribution is 5.17. The first kappa shape index (κ1) is 15.4. The van der Waals surface area contributed by atoms with Crippen molar-refractivity contribution in [1.82, 2.24) is 10.2 Å². The van der Waals surface area contributed by atoms with Crippen LogP contribution in [0.15, 0.2) is 18.2 Å². The highest BCUT2D eigenvalue weighted by Crippen LogP contribution is 2.14. The Balaban J connectivity index is 1.95. The molecule has 1 fully saturated rings. The van der Waals surface area contributed by atoms with Crippen molar-refractivity contribution in [2.45, 2.75) is 45.2 Å². The zero-order valence-electron chi connectivity index (χ0n) is 12.2. The summed E-state index contributed by atoms with van der Waals surface area (Å²) in [6.45, 7) is 5.95. The molecule has 0 aromatic heterocycles.